The van der Waals surface area contributed by atoms with Crippen LogP contribution >= 0.6 is 0 Å². The van der Waals surface area contributed by atoms with Crippen LogP contribution in [-0.4, -0.2) is 79.6 Å². The van der Waals surface area contributed by atoms with Crippen LogP contribution < -0.4 is 26.4 Å². The average molecular weight is 859 g/mol. The van der Waals surface area contributed by atoms with Crippen LogP contribution in [0.2, 0.25) is 0 Å². The molecule has 0 amide bonds. The molecule has 0 saturated carbocycles. The van der Waals surface area contributed by atoms with Crippen LogP contribution in [0.4, 0.5) is 0 Å². The number of benzene rings is 3. The molecular formula is C53H70N4O6. The van der Waals surface area contributed by atoms with Gasteiger partial charge >= 0.3 is 0 Å². The van der Waals surface area contributed by atoms with Crippen molar-refractivity contribution in [3.8, 4) is 11.5 Å². The number of ether oxygens (including phenoxy) is 1. The molecule has 3 aliphatic rings. The summed E-state index contributed by atoms with van der Waals surface area (Å²) < 4.78 is 5.47. The van der Waals surface area contributed by atoms with E-state index in [1.54, 1.807) is 12.1 Å². The molecule has 2 heterocycles. The predicted octanol–water partition coefficient (Wildman–Crippen LogP) is 6.91. The van der Waals surface area contributed by atoms with Gasteiger partial charge in [0.15, 0.2) is 17.3 Å². The van der Waals surface area contributed by atoms with Crippen molar-refractivity contribution in [2.75, 3.05) is 40.5 Å². The molecule has 1 fully saturated rings. The third-order valence-corrected chi connectivity index (χ3v) is 13.4. The van der Waals surface area contributed by atoms with Crippen LogP contribution in [0.1, 0.15) is 85.6 Å². The lowest BCUT2D eigenvalue weighted by molar-refractivity contribution is -0.124. The second-order valence-electron chi connectivity index (χ2n) is 17.8. The molecule has 6 atom stereocenters. The van der Waals surface area contributed by atoms with Gasteiger partial charge in [0.05, 0.1) is 26.3 Å². The van der Waals surface area contributed by atoms with Gasteiger partial charge in [-0.05, 0) is 170 Å². The zero-order valence-electron chi connectivity index (χ0n) is 37.4. The molecule has 1 aliphatic carbocycles. The van der Waals surface area contributed by atoms with E-state index >= 15 is 0 Å². The highest BCUT2D eigenvalue weighted by Gasteiger charge is 2.38. The largest absolute Gasteiger partial charge is 0.504 e. The maximum atomic E-state index is 13.5. The normalized spacial score (nSPS) is 21.5. The van der Waals surface area contributed by atoms with Gasteiger partial charge in [-0.2, -0.15) is 0 Å². The average Bonchev–Trinajstić information content (AvgIpc) is 3.30. The molecule has 10 heteroatoms. The van der Waals surface area contributed by atoms with E-state index in [4.69, 9.17) is 10.5 Å². The number of allylic oxidation sites excluding steroid dienone is 3. The number of ketones is 2. The number of rotatable bonds is 24. The van der Waals surface area contributed by atoms with Crippen LogP contribution in [0, 0.1) is 23.7 Å². The van der Waals surface area contributed by atoms with Crippen molar-refractivity contribution >= 4 is 17.1 Å². The number of aliphatic hydroxyl groups is 2. The first-order valence-electron chi connectivity index (χ1n) is 23.1. The number of hydrogen-bond donors (Lipinski definition) is 7. The predicted molar refractivity (Wildman–Crippen MR) is 252 cm³/mol. The Kier molecular flexibility index (Phi) is 18.4. The zero-order valence-corrected chi connectivity index (χ0v) is 37.4. The molecule has 1 unspecified atom stereocenters. The number of aromatic hydroxyl groups is 1. The summed E-state index contributed by atoms with van der Waals surface area (Å²) in [5.41, 5.74) is 13.9. The highest BCUT2D eigenvalue weighted by atomic mass is 16.5. The molecule has 8 N–H and O–H groups in total. The maximum Gasteiger partial charge on any atom is 0.163 e. The van der Waals surface area contributed by atoms with Gasteiger partial charge in [0.2, 0.25) is 0 Å². The first-order valence-corrected chi connectivity index (χ1v) is 23.1. The summed E-state index contributed by atoms with van der Waals surface area (Å²) in [6.45, 7) is 1.76. The van der Waals surface area contributed by atoms with Gasteiger partial charge in [-0.25, -0.2) is 0 Å². The Bertz CT molecular complexity index is 2090. The molecular weight excluding hydrogens is 789 g/mol. The van der Waals surface area contributed by atoms with Gasteiger partial charge in [-0.1, -0.05) is 73.2 Å². The fourth-order valence-electron chi connectivity index (χ4n) is 10.1. The molecule has 0 bridgehead atoms. The summed E-state index contributed by atoms with van der Waals surface area (Å²) in [6.07, 6.45) is 19.0. The van der Waals surface area contributed by atoms with E-state index in [0.29, 0.717) is 65.7 Å². The number of phenols is 1. The number of Topliss-reactive ketones (excluding diaryl/α,β-unsaturated/α-hetero) is 1. The second kappa shape index (κ2) is 24.3. The Morgan fingerprint density at radius 2 is 1.68 bits per heavy atom. The smallest absolute Gasteiger partial charge is 0.163 e. The number of phenolic OH excluding ortho intramolecular Hbond substituents is 1. The number of carbonyl (C=O) groups is 2. The molecule has 1 saturated heterocycles. The van der Waals surface area contributed by atoms with Gasteiger partial charge in [-0.3, -0.25) is 9.59 Å². The van der Waals surface area contributed by atoms with Gasteiger partial charge < -0.3 is 41.7 Å². The molecule has 3 aromatic rings. The van der Waals surface area contributed by atoms with Crippen LogP contribution in [0.3, 0.4) is 0 Å². The number of aryl methyl sites for hydroxylation is 3. The van der Waals surface area contributed by atoms with Crippen molar-refractivity contribution in [3.05, 3.63) is 136 Å². The van der Waals surface area contributed by atoms with Crippen molar-refractivity contribution in [2.45, 2.75) is 95.7 Å². The highest BCUT2D eigenvalue weighted by molar-refractivity contribution is 6.07. The number of nitrogens with two attached hydrogens (primary N) is 1. The van der Waals surface area contributed by atoms with Gasteiger partial charge in [0, 0.05) is 31.8 Å². The quantitative estimate of drug-likeness (QED) is 0.0286. The topological polar surface area (TPSA) is 166 Å². The first kappa shape index (κ1) is 47.6. The summed E-state index contributed by atoms with van der Waals surface area (Å²) in [6, 6.07) is 22.8. The first-order chi connectivity index (χ1) is 30.7. The van der Waals surface area contributed by atoms with Crippen LogP contribution in [0.5, 0.6) is 11.5 Å². The number of dihydropyridines is 1. The highest BCUT2D eigenvalue weighted by Crippen LogP contribution is 2.40. The fraction of sp³-hybridized carbons (Fsp3) is 0.472. The minimum absolute atomic E-state index is 0.0525. The number of likely N-dealkylation sites (N-methyl/N-ethyl adjacent to an activating group) is 1. The number of methoxy groups -OCH3 is 1. The lowest BCUT2D eigenvalue weighted by Gasteiger charge is -2.44. The minimum Gasteiger partial charge on any atom is -0.504 e. The number of hydrogen-bond acceptors (Lipinski definition) is 10. The summed E-state index contributed by atoms with van der Waals surface area (Å²) in [4.78, 5) is 26.8. The SMILES string of the molecule is CN[C@@H]1C=C[C@@H]2CNCC[C@H]2[C@H]1C[C@H](CCCO)CCCC(=O)CC(=O)/C=C(\CO)c1cc(OC)c(O)cc1CC1=CNC(N)C=C1CCc1cccc(CCc2ccccc2)c1. The Morgan fingerprint density at radius 1 is 0.937 bits per heavy atom. The van der Waals surface area contributed by atoms with E-state index in [1.807, 2.05) is 25.4 Å². The van der Waals surface area contributed by atoms with Crippen molar-refractivity contribution in [2.24, 2.45) is 29.4 Å². The van der Waals surface area contributed by atoms with E-state index in [1.165, 1.54) is 29.9 Å². The molecule has 0 radical (unpaired) electrons. The summed E-state index contributed by atoms with van der Waals surface area (Å²) in [5.74, 6) is 1.70. The second-order valence-corrected chi connectivity index (χ2v) is 17.8. The van der Waals surface area contributed by atoms with Crippen LogP contribution in [0.15, 0.2) is 108 Å². The van der Waals surface area contributed by atoms with Crippen molar-refractivity contribution < 1.29 is 29.6 Å². The minimum atomic E-state index is -0.444. The van der Waals surface area contributed by atoms with Gasteiger partial charge in [0.1, 0.15) is 5.78 Å². The van der Waals surface area contributed by atoms with Crippen LogP contribution in [-0.2, 0) is 35.3 Å². The molecule has 0 aromatic heterocycles. The Labute approximate surface area is 374 Å². The lowest BCUT2D eigenvalue weighted by atomic mass is 9.66. The third kappa shape index (κ3) is 13.8. The van der Waals surface area contributed by atoms with Gasteiger partial charge in [0.25, 0.3) is 0 Å². The van der Waals surface area contributed by atoms with E-state index < -0.39 is 6.61 Å². The third-order valence-electron chi connectivity index (χ3n) is 13.4. The number of piperidine rings is 1. The number of fused-ring (bicyclic) bond motifs is 1. The number of carbonyl (C=O) groups excluding carboxylic acids is 2. The van der Waals surface area contributed by atoms with Crippen LogP contribution in [0.25, 0.3) is 5.57 Å². The van der Waals surface area contributed by atoms with E-state index in [9.17, 15) is 24.9 Å². The maximum absolute atomic E-state index is 13.5. The van der Waals surface area contributed by atoms with Gasteiger partial charge in [-0.15, -0.1) is 0 Å². The molecule has 2 aliphatic heterocycles. The molecule has 63 heavy (non-hydrogen) atoms. The van der Waals surface area contributed by atoms with Crippen molar-refractivity contribution in [1.82, 2.24) is 16.0 Å². The van der Waals surface area contributed by atoms with Crippen molar-refractivity contribution in [3.63, 3.8) is 0 Å². The molecule has 0 spiro atoms. The summed E-state index contributed by atoms with van der Waals surface area (Å²) >= 11 is 0. The lowest BCUT2D eigenvalue weighted by Crippen LogP contribution is -2.48. The Morgan fingerprint density at radius 3 is 2.43 bits per heavy atom. The van der Waals surface area contributed by atoms with Crippen molar-refractivity contribution in [1.29, 1.82) is 0 Å². The molecule has 6 rings (SSSR count). The van der Waals surface area contributed by atoms with E-state index in [-0.39, 0.29) is 42.3 Å². The molecule has 3 aromatic carbocycles. The van der Waals surface area contributed by atoms with E-state index in [0.717, 1.165) is 82.0 Å². The molecule has 10 nitrogen and oxygen atoms in total. The Balaban J connectivity index is 1.08. The fourth-order valence-corrected chi connectivity index (χ4v) is 10.1. The Hall–Kier alpha value is -4.84. The number of nitrogens with one attached hydrogen (secondary N) is 3. The summed E-state index contributed by atoms with van der Waals surface area (Å²) in [5, 5.41) is 41.6. The monoisotopic (exact) mass is 859 g/mol. The standard InChI is InChI=1S/C53H70N4O6/c1-55-50-21-20-41-33-56-23-22-47(41)49(50)26-37(14-8-24-58)13-7-15-45(60)31-46(61)28-44(35-59)48-32-52(63-2)51(62)29-42(48)27-43-34-57-53(54)30-40(43)19-18-39-12-6-11-38(25-39)17-16-36-9-4-3-5-10-36/h3-6,9-12,20-21,25,28-30,32,34,37,41,47,49-50,53,55-59,62H,7-8,13-19,22-24,26-27,31,33,35,54H2,1-2H3/b44-28+/t37-,41+,47+,49+,50+,53?/m0/s1. The number of aliphatic hydroxyl groups excluding tert-OH is 2. The zero-order chi connectivity index (χ0) is 44.6. The van der Waals surface area contributed by atoms with E-state index in [2.05, 4.69) is 76.6 Å². The summed E-state index contributed by atoms with van der Waals surface area (Å²) in [7, 11) is 3.49. The molecule has 338 valence electrons.